The molecule has 1 aliphatic rings. The summed E-state index contributed by atoms with van der Waals surface area (Å²) in [6, 6.07) is 0.355. The molecule has 0 bridgehead atoms. The van der Waals surface area contributed by atoms with E-state index in [1.807, 2.05) is 0 Å². The molecule has 108 valence electrons. The van der Waals surface area contributed by atoms with Gasteiger partial charge >= 0.3 is 0 Å². The molecule has 0 saturated heterocycles. The Labute approximate surface area is 113 Å². The fourth-order valence-electron chi connectivity index (χ4n) is 2.07. The minimum Gasteiger partial charge on any atom is -0.381 e. The number of hydrogen-bond donors (Lipinski definition) is 2. The Bertz CT molecular complexity index is 193. The molecule has 2 unspecified atom stereocenters. The highest BCUT2D eigenvalue weighted by Crippen LogP contribution is 2.28. The maximum absolute atomic E-state index is 5.74. The van der Waals surface area contributed by atoms with Gasteiger partial charge in [-0.05, 0) is 64.0 Å². The van der Waals surface area contributed by atoms with E-state index < -0.39 is 0 Å². The van der Waals surface area contributed by atoms with E-state index in [1.54, 1.807) is 0 Å². The molecule has 1 aliphatic carbocycles. The monoisotopic (exact) mass is 256 g/mol. The second kappa shape index (κ2) is 9.76. The summed E-state index contributed by atoms with van der Waals surface area (Å²) < 4.78 is 5.60. The third-order valence-corrected chi connectivity index (χ3v) is 3.54. The molecule has 0 aromatic heterocycles. The summed E-state index contributed by atoms with van der Waals surface area (Å²) in [5.74, 6) is 1.65. The Kier molecular flexibility index (Phi) is 8.64. The van der Waals surface area contributed by atoms with Crippen LogP contribution in [0.1, 0.15) is 52.4 Å². The summed E-state index contributed by atoms with van der Waals surface area (Å²) >= 11 is 0. The Balaban J connectivity index is 1.75. The molecule has 18 heavy (non-hydrogen) atoms. The predicted octanol–water partition coefficient (Wildman–Crippen LogP) is 2.55. The fraction of sp³-hybridized carbons (Fsp3) is 1.00. The third-order valence-electron chi connectivity index (χ3n) is 3.54. The standard InChI is InChI=1S/C15H32N2O/c1-13(5-3-6-14(2)16)11-17-9-4-10-18-12-15-7-8-15/h13-15,17H,3-12,16H2,1-2H3. The minimum atomic E-state index is 0.355. The van der Waals surface area contributed by atoms with Crippen LogP contribution in [0.3, 0.4) is 0 Å². The van der Waals surface area contributed by atoms with Gasteiger partial charge < -0.3 is 15.8 Å². The van der Waals surface area contributed by atoms with E-state index in [9.17, 15) is 0 Å². The van der Waals surface area contributed by atoms with E-state index in [0.717, 1.165) is 51.0 Å². The highest BCUT2D eigenvalue weighted by molar-refractivity contribution is 4.71. The van der Waals surface area contributed by atoms with Crippen molar-refractivity contribution in [3.63, 3.8) is 0 Å². The zero-order chi connectivity index (χ0) is 13.2. The molecule has 0 radical (unpaired) electrons. The zero-order valence-corrected chi connectivity index (χ0v) is 12.3. The van der Waals surface area contributed by atoms with Crippen molar-refractivity contribution >= 4 is 0 Å². The molecule has 1 rings (SSSR count). The molecule has 1 fully saturated rings. The Hall–Kier alpha value is -0.120. The first-order valence-electron chi connectivity index (χ1n) is 7.72. The van der Waals surface area contributed by atoms with E-state index in [2.05, 4.69) is 19.2 Å². The van der Waals surface area contributed by atoms with E-state index in [-0.39, 0.29) is 0 Å². The minimum absolute atomic E-state index is 0.355. The van der Waals surface area contributed by atoms with E-state index >= 15 is 0 Å². The maximum Gasteiger partial charge on any atom is 0.0494 e. The molecular weight excluding hydrogens is 224 g/mol. The molecule has 0 heterocycles. The lowest BCUT2D eigenvalue weighted by molar-refractivity contribution is 0.122. The van der Waals surface area contributed by atoms with E-state index in [0.29, 0.717) is 6.04 Å². The summed E-state index contributed by atoms with van der Waals surface area (Å²) in [6.45, 7) is 8.53. The molecule has 3 nitrogen and oxygen atoms in total. The first-order valence-corrected chi connectivity index (χ1v) is 7.72. The van der Waals surface area contributed by atoms with Crippen LogP contribution in [0.15, 0.2) is 0 Å². The molecule has 1 saturated carbocycles. The van der Waals surface area contributed by atoms with Gasteiger partial charge in [0.2, 0.25) is 0 Å². The number of rotatable bonds is 12. The SMILES string of the molecule is CC(N)CCCC(C)CNCCCOCC1CC1. The number of nitrogens with one attached hydrogen (secondary N) is 1. The molecule has 0 aliphatic heterocycles. The van der Waals surface area contributed by atoms with Crippen molar-refractivity contribution < 1.29 is 4.74 Å². The van der Waals surface area contributed by atoms with Crippen molar-refractivity contribution in [2.24, 2.45) is 17.6 Å². The van der Waals surface area contributed by atoms with Crippen molar-refractivity contribution in [1.29, 1.82) is 0 Å². The summed E-state index contributed by atoms with van der Waals surface area (Å²) in [4.78, 5) is 0. The number of nitrogens with two attached hydrogens (primary N) is 1. The van der Waals surface area contributed by atoms with Crippen LogP contribution in [0.25, 0.3) is 0 Å². The molecule has 0 aromatic carbocycles. The van der Waals surface area contributed by atoms with Crippen LogP contribution in [-0.4, -0.2) is 32.3 Å². The lowest BCUT2D eigenvalue weighted by Gasteiger charge is -2.13. The average molecular weight is 256 g/mol. The van der Waals surface area contributed by atoms with Crippen LogP contribution >= 0.6 is 0 Å². The van der Waals surface area contributed by atoms with Gasteiger partial charge in [-0.3, -0.25) is 0 Å². The van der Waals surface area contributed by atoms with Gasteiger partial charge in [-0.25, -0.2) is 0 Å². The van der Waals surface area contributed by atoms with Crippen molar-refractivity contribution in [3.8, 4) is 0 Å². The third kappa shape index (κ3) is 9.86. The van der Waals surface area contributed by atoms with Crippen LogP contribution in [0.4, 0.5) is 0 Å². The normalized spacial score (nSPS) is 18.8. The highest BCUT2D eigenvalue weighted by Gasteiger charge is 2.20. The molecule has 2 atom stereocenters. The fourth-order valence-corrected chi connectivity index (χ4v) is 2.07. The van der Waals surface area contributed by atoms with Crippen LogP contribution in [-0.2, 0) is 4.74 Å². The maximum atomic E-state index is 5.74. The Morgan fingerprint density at radius 2 is 2.00 bits per heavy atom. The summed E-state index contributed by atoms with van der Waals surface area (Å²) in [5, 5.41) is 3.52. The van der Waals surface area contributed by atoms with Crippen molar-refractivity contribution in [1.82, 2.24) is 5.32 Å². The smallest absolute Gasteiger partial charge is 0.0494 e. The second-order valence-corrected chi connectivity index (χ2v) is 6.09. The molecule has 0 spiro atoms. The van der Waals surface area contributed by atoms with Crippen LogP contribution in [0.2, 0.25) is 0 Å². The van der Waals surface area contributed by atoms with Crippen molar-refractivity contribution in [3.05, 3.63) is 0 Å². The van der Waals surface area contributed by atoms with Gasteiger partial charge in [0, 0.05) is 19.3 Å². The van der Waals surface area contributed by atoms with Gasteiger partial charge in [0.1, 0.15) is 0 Å². The lowest BCUT2D eigenvalue weighted by Crippen LogP contribution is -2.23. The van der Waals surface area contributed by atoms with Gasteiger partial charge in [-0.2, -0.15) is 0 Å². The summed E-state index contributed by atoms with van der Waals surface area (Å²) in [5.41, 5.74) is 5.74. The lowest BCUT2D eigenvalue weighted by atomic mass is 10.0. The largest absolute Gasteiger partial charge is 0.381 e. The van der Waals surface area contributed by atoms with E-state index in [4.69, 9.17) is 10.5 Å². The zero-order valence-electron chi connectivity index (χ0n) is 12.3. The first-order chi connectivity index (χ1) is 8.68. The van der Waals surface area contributed by atoms with Crippen molar-refractivity contribution in [2.45, 2.75) is 58.4 Å². The second-order valence-electron chi connectivity index (χ2n) is 6.09. The number of hydrogen-bond acceptors (Lipinski definition) is 3. The van der Waals surface area contributed by atoms with Gasteiger partial charge in [-0.1, -0.05) is 13.3 Å². The van der Waals surface area contributed by atoms with Crippen LogP contribution < -0.4 is 11.1 Å². The average Bonchev–Trinajstić information content (AvgIpc) is 3.11. The molecule has 3 heteroatoms. The first kappa shape index (κ1) is 15.9. The van der Waals surface area contributed by atoms with E-state index in [1.165, 1.54) is 25.7 Å². The van der Waals surface area contributed by atoms with Gasteiger partial charge in [0.05, 0.1) is 0 Å². The Morgan fingerprint density at radius 3 is 2.67 bits per heavy atom. The van der Waals surface area contributed by atoms with Gasteiger partial charge in [0.25, 0.3) is 0 Å². The van der Waals surface area contributed by atoms with Crippen LogP contribution in [0.5, 0.6) is 0 Å². The summed E-state index contributed by atoms with van der Waals surface area (Å²) in [6.07, 6.45) is 7.60. The predicted molar refractivity (Wildman–Crippen MR) is 77.7 cm³/mol. The molecule has 3 N–H and O–H groups in total. The highest BCUT2D eigenvalue weighted by atomic mass is 16.5. The summed E-state index contributed by atoms with van der Waals surface area (Å²) in [7, 11) is 0. The van der Waals surface area contributed by atoms with Crippen LogP contribution in [0, 0.1) is 11.8 Å². The topological polar surface area (TPSA) is 47.3 Å². The van der Waals surface area contributed by atoms with Gasteiger partial charge in [-0.15, -0.1) is 0 Å². The molecule has 0 aromatic rings. The quantitative estimate of drug-likeness (QED) is 0.528. The molecular formula is C15H32N2O. The Morgan fingerprint density at radius 1 is 1.22 bits per heavy atom. The molecule has 0 amide bonds. The number of ether oxygens (including phenoxy) is 1. The van der Waals surface area contributed by atoms with Gasteiger partial charge in [0.15, 0.2) is 0 Å². The van der Waals surface area contributed by atoms with Crippen molar-refractivity contribution in [2.75, 3.05) is 26.3 Å².